The van der Waals surface area contributed by atoms with Crippen LogP contribution in [0.15, 0.2) is 24.3 Å². The van der Waals surface area contributed by atoms with Gasteiger partial charge in [-0.3, -0.25) is 0 Å². The molecule has 2 atom stereocenters. The Labute approximate surface area is 110 Å². The van der Waals surface area contributed by atoms with Crippen molar-refractivity contribution in [3.8, 4) is 5.75 Å². The number of rotatable bonds is 5. The SMILES string of the molecule is Cc1ccccc1OCC(CN)C1CCN(C)C1. The van der Waals surface area contributed by atoms with E-state index >= 15 is 0 Å². The smallest absolute Gasteiger partial charge is 0.122 e. The molecule has 0 bridgehead atoms. The van der Waals surface area contributed by atoms with Gasteiger partial charge in [0.15, 0.2) is 0 Å². The molecule has 1 fully saturated rings. The van der Waals surface area contributed by atoms with Crippen molar-refractivity contribution in [3.05, 3.63) is 29.8 Å². The lowest BCUT2D eigenvalue weighted by Gasteiger charge is -2.22. The number of hydrogen-bond acceptors (Lipinski definition) is 3. The Morgan fingerprint density at radius 1 is 1.44 bits per heavy atom. The number of likely N-dealkylation sites (tertiary alicyclic amines) is 1. The molecule has 3 heteroatoms. The molecule has 1 aromatic carbocycles. The quantitative estimate of drug-likeness (QED) is 0.865. The molecule has 0 aliphatic carbocycles. The van der Waals surface area contributed by atoms with Crippen molar-refractivity contribution in [1.82, 2.24) is 4.90 Å². The Kier molecular flexibility index (Phi) is 4.61. The zero-order valence-electron chi connectivity index (χ0n) is 11.4. The first-order chi connectivity index (χ1) is 8.70. The maximum absolute atomic E-state index is 5.94. The summed E-state index contributed by atoms with van der Waals surface area (Å²) in [5, 5.41) is 0. The second kappa shape index (κ2) is 6.21. The molecule has 0 aromatic heterocycles. The number of nitrogens with zero attached hydrogens (tertiary/aromatic N) is 1. The highest BCUT2D eigenvalue weighted by molar-refractivity contribution is 5.31. The fourth-order valence-electron chi connectivity index (χ4n) is 2.67. The van der Waals surface area contributed by atoms with E-state index in [9.17, 15) is 0 Å². The predicted molar refractivity (Wildman–Crippen MR) is 74.8 cm³/mol. The van der Waals surface area contributed by atoms with Gasteiger partial charge in [0.1, 0.15) is 5.75 Å². The van der Waals surface area contributed by atoms with Crippen molar-refractivity contribution < 1.29 is 4.74 Å². The average Bonchev–Trinajstić information content (AvgIpc) is 2.79. The van der Waals surface area contributed by atoms with Crippen LogP contribution in [0.2, 0.25) is 0 Å². The van der Waals surface area contributed by atoms with Crippen LogP contribution >= 0.6 is 0 Å². The van der Waals surface area contributed by atoms with E-state index in [0.29, 0.717) is 18.4 Å². The Morgan fingerprint density at radius 3 is 2.83 bits per heavy atom. The normalized spacial score (nSPS) is 22.1. The molecule has 2 unspecified atom stereocenters. The summed E-state index contributed by atoms with van der Waals surface area (Å²) >= 11 is 0. The van der Waals surface area contributed by atoms with Crippen LogP contribution in [0.3, 0.4) is 0 Å². The third-order valence-electron chi connectivity index (χ3n) is 3.94. The molecule has 1 aliphatic heterocycles. The van der Waals surface area contributed by atoms with Gasteiger partial charge in [0.2, 0.25) is 0 Å². The van der Waals surface area contributed by atoms with Gasteiger partial charge in [-0.25, -0.2) is 0 Å². The van der Waals surface area contributed by atoms with Crippen LogP contribution in [0.5, 0.6) is 5.75 Å². The van der Waals surface area contributed by atoms with E-state index in [1.54, 1.807) is 0 Å². The second-order valence-corrected chi connectivity index (χ2v) is 5.38. The molecule has 1 aromatic rings. The van der Waals surface area contributed by atoms with Gasteiger partial charge in [-0.15, -0.1) is 0 Å². The number of aryl methyl sites for hydroxylation is 1. The van der Waals surface area contributed by atoms with Gasteiger partial charge in [0, 0.05) is 12.5 Å². The van der Waals surface area contributed by atoms with Gasteiger partial charge in [-0.2, -0.15) is 0 Å². The summed E-state index contributed by atoms with van der Waals surface area (Å²) in [5.74, 6) is 2.14. The number of hydrogen-bond donors (Lipinski definition) is 1. The number of ether oxygens (including phenoxy) is 1. The van der Waals surface area contributed by atoms with Crippen LogP contribution in [-0.4, -0.2) is 38.2 Å². The largest absolute Gasteiger partial charge is 0.493 e. The first-order valence-corrected chi connectivity index (χ1v) is 6.77. The zero-order valence-corrected chi connectivity index (χ0v) is 11.4. The van der Waals surface area contributed by atoms with E-state index < -0.39 is 0 Å². The molecule has 0 radical (unpaired) electrons. The molecular formula is C15H24N2O. The molecule has 1 heterocycles. The standard InChI is InChI=1S/C15H24N2O/c1-12-5-3-4-6-15(12)18-11-14(9-16)13-7-8-17(2)10-13/h3-6,13-14H,7-11,16H2,1-2H3. The van der Waals surface area contributed by atoms with Crippen LogP contribution in [-0.2, 0) is 0 Å². The fraction of sp³-hybridized carbons (Fsp3) is 0.600. The van der Waals surface area contributed by atoms with E-state index in [1.165, 1.54) is 18.5 Å². The Bertz CT molecular complexity index is 381. The monoisotopic (exact) mass is 248 g/mol. The zero-order chi connectivity index (χ0) is 13.0. The lowest BCUT2D eigenvalue weighted by molar-refractivity contribution is 0.198. The lowest BCUT2D eigenvalue weighted by Crippen LogP contribution is -2.30. The van der Waals surface area contributed by atoms with E-state index in [1.807, 2.05) is 18.2 Å². The van der Waals surface area contributed by atoms with Crippen molar-refractivity contribution in [2.75, 3.05) is 33.3 Å². The van der Waals surface area contributed by atoms with Crippen LogP contribution < -0.4 is 10.5 Å². The van der Waals surface area contributed by atoms with Crippen LogP contribution in [0.1, 0.15) is 12.0 Å². The summed E-state index contributed by atoms with van der Waals surface area (Å²) in [6.07, 6.45) is 1.25. The predicted octanol–water partition coefficient (Wildman–Crippen LogP) is 1.90. The molecule has 18 heavy (non-hydrogen) atoms. The highest BCUT2D eigenvalue weighted by Crippen LogP contribution is 2.24. The summed E-state index contributed by atoms with van der Waals surface area (Å²) in [6.45, 7) is 5.87. The molecular weight excluding hydrogens is 224 g/mol. The number of para-hydroxylation sites is 1. The molecule has 1 saturated heterocycles. The maximum Gasteiger partial charge on any atom is 0.122 e. The summed E-state index contributed by atoms with van der Waals surface area (Å²) < 4.78 is 5.94. The van der Waals surface area contributed by atoms with Crippen molar-refractivity contribution >= 4 is 0 Å². The van der Waals surface area contributed by atoms with E-state index in [0.717, 1.165) is 18.9 Å². The minimum Gasteiger partial charge on any atom is -0.493 e. The molecule has 0 saturated carbocycles. The van der Waals surface area contributed by atoms with E-state index in [4.69, 9.17) is 10.5 Å². The van der Waals surface area contributed by atoms with Crippen LogP contribution in [0.25, 0.3) is 0 Å². The third-order valence-corrected chi connectivity index (χ3v) is 3.94. The fourth-order valence-corrected chi connectivity index (χ4v) is 2.67. The number of benzene rings is 1. The minimum absolute atomic E-state index is 0.467. The molecule has 0 spiro atoms. The highest BCUT2D eigenvalue weighted by Gasteiger charge is 2.27. The molecule has 0 amide bonds. The molecule has 3 nitrogen and oxygen atoms in total. The van der Waals surface area contributed by atoms with Gasteiger partial charge < -0.3 is 15.4 Å². The van der Waals surface area contributed by atoms with Crippen molar-refractivity contribution in [2.45, 2.75) is 13.3 Å². The van der Waals surface area contributed by atoms with Crippen molar-refractivity contribution in [1.29, 1.82) is 0 Å². The van der Waals surface area contributed by atoms with Gasteiger partial charge in [-0.1, -0.05) is 18.2 Å². The van der Waals surface area contributed by atoms with Gasteiger partial charge in [0.05, 0.1) is 6.61 Å². The Balaban J connectivity index is 1.89. The summed E-state index contributed by atoms with van der Waals surface area (Å²) in [5.41, 5.74) is 7.09. The summed E-state index contributed by atoms with van der Waals surface area (Å²) in [6, 6.07) is 8.16. The van der Waals surface area contributed by atoms with Gasteiger partial charge >= 0.3 is 0 Å². The second-order valence-electron chi connectivity index (χ2n) is 5.38. The first-order valence-electron chi connectivity index (χ1n) is 6.77. The lowest BCUT2D eigenvalue weighted by atomic mass is 9.92. The van der Waals surface area contributed by atoms with Crippen molar-refractivity contribution in [3.63, 3.8) is 0 Å². The van der Waals surface area contributed by atoms with Crippen molar-refractivity contribution in [2.24, 2.45) is 17.6 Å². The number of nitrogens with two attached hydrogens (primary N) is 1. The molecule has 100 valence electrons. The summed E-state index contributed by atoms with van der Waals surface area (Å²) in [7, 11) is 2.18. The Hall–Kier alpha value is -1.06. The molecule has 2 N–H and O–H groups in total. The molecule has 2 rings (SSSR count). The first kappa shape index (κ1) is 13.4. The van der Waals surface area contributed by atoms with E-state index in [2.05, 4.69) is 24.9 Å². The Morgan fingerprint density at radius 2 is 2.22 bits per heavy atom. The highest BCUT2D eigenvalue weighted by atomic mass is 16.5. The topological polar surface area (TPSA) is 38.5 Å². The summed E-state index contributed by atoms with van der Waals surface area (Å²) in [4.78, 5) is 2.38. The third kappa shape index (κ3) is 3.24. The van der Waals surface area contributed by atoms with Gasteiger partial charge in [0.25, 0.3) is 0 Å². The molecule has 1 aliphatic rings. The minimum atomic E-state index is 0.467. The van der Waals surface area contributed by atoms with E-state index in [-0.39, 0.29) is 0 Å². The van der Waals surface area contributed by atoms with Gasteiger partial charge in [-0.05, 0) is 51.0 Å². The van der Waals surface area contributed by atoms with Crippen LogP contribution in [0.4, 0.5) is 0 Å². The maximum atomic E-state index is 5.94. The average molecular weight is 248 g/mol. The van der Waals surface area contributed by atoms with Crippen LogP contribution in [0, 0.1) is 18.8 Å².